The number of nitrogens with zero attached hydrogens (tertiary/aromatic N) is 1. The van der Waals surface area contributed by atoms with Gasteiger partial charge in [-0.3, -0.25) is 9.79 Å². The van der Waals surface area contributed by atoms with Gasteiger partial charge in [0, 0.05) is 21.6 Å². The van der Waals surface area contributed by atoms with Crippen LogP contribution >= 0.6 is 11.8 Å². The van der Waals surface area contributed by atoms with Crippen molar-refractivity contribution in [2.75, 3.05) is 14.2 Å². The van der Waals surface area contributed by atoms with Crippen LogP contribution in [0.5, 0.6) is 11.5 Å². The van der Waals surface area contributed by atoms with Crippen LogP contribution in [0.1, 0.15) is 26.7 Å². The number of para-hydroxylation sites is 1. The Morgan fingerprint density at radius 2 is 1.66 bits per heavy atom. The van der Waals surface area contributed by atoms with Crippen LogP contribution in [0, 0.1) is 5.92 Å². The zero-order chi connectivity index (χ0) is 20.0. The molecule has 0 N–H and O–H groups in total. The van der Waals surface area contributed by atoms with Gasteiger partial charge < -0.3 is 9.47 Å². The number of carbonyl (C=O) groups is 1. The first-order chi connectivity index (χ1) is 14.2. The summed E-state index contributed by atoms with van der Waals surface area (Å²) in [5, 5.41) is -0.178. The number of methoxy groups -OCH3 is 2. The summed E-state index contributed by atoms with van der Waals surface area (Å²) < 4.78 is 11.1. The maximum Gasteiger partial charge on any atom is 0.174 e. The summed E-state index contributed by atoms with van der Waals surface area (Å²) in [7, 11) is 3.30. The van der Waals surface area contributed by atoms with Crippen LogP contribution < -0.4 is 9.47 Å². The second kappa shape index (κ2) is 7.08. The van der Waals surface area contributed by atoms with E-state index in [1.165, 1.54) is 0 Å². The average molecular weight is 401 g/mol. The van der Waals surface area contributed by atoms with E-state index < -0.39 is 0 Å². The summed E-state index contributed by atoms with van der Waals surface area (Å²) in [5.41, 5.74) is 4.33. The van der Waals surface area contributed by atoms with Gasteiger partial charge in [0.1, 0.15) is 11.5 Å². The summed E-state index contributed by atoms with van der Waals surface area (Å²) in [5.74, 6) is 1.20. The van der Waals surface area contributed by atoms with E-state index in [2.05, 4.69) is 6.07 Å². The molecule has 3 aromatic rings. The Bertz CT molecular complexity index is 1150. The molecule has 0 aromatic heterocycles. The lowest BCUT2D eigenvalue weighted by Gasteiger charge is -2.24. The summed E-state index contributed by atoms with van der Waals surface area (Å²) in [4.78, 5) is 19.5. The standard InChI is InChI=1S/C24H19NO3S/c1-27-14-11-12-19(28-2)17(13-14)24-21-22(15-7-3-4-8-16(15)23(21)26)25-18-9-5-6-10-20(18)29-24/h3-13,21,24H,1-2H3. The van der Waals surface area contributed by atoms with Crippen molar-refractivity contribution >= 4 is 28.9 Å². The normalized spacial score (nSPS) is 19.5. The van der Waals surface area contributed by atoms with Crippen molar-refractivity contribution in [1.29, 1.82) is 0 Å². The molecule has 0 radical (unpaired) electrons. The van der Waals surface area contributed by atoms with Gasteiger partial charge in [0.15, 0.2) is 5.78 Å². The van der Waals surface area contributed by atoms with Crippen LogP contribution in [-0.4, -0.2) is 25.7 Å². The number of carbonyl (C=O) groups excluding carboxylic acids is 1. The quantitative estimate of drug-likeness (QED) is 0.583. The van der Waals surface area contributed by atoms with Gasteiger partial charge in [-0.05, 0) is 30.3 Å². The molecule has 0 spiro atoms. The van der Waals surface area contributed by atoms with E-state index in [0.29, 0.717) is 0 Å². The third kappa shape index (κ3) is 2.85. The lowest BCUT2D eigenvalue weighted by atomic mass is 9.92. The van der Waals surface area contributed by atoms with Crippen LogP contribution in [0.2, 0.25) is 0 Å². The minimum absolute atomic E-state index is 0.106. The van der Waals surface area contributed by atoms with E-state index in [1.54, 1.807) is 26.0 Å². The molecule has 4 nitrogen and oxygen atoms in total. The number of thioether (sulfide) groups is 1. The maximum absolute atomic E-state index is 13.5. The number of rotatable bonds is 3. The molecule has 0 bridgehead atoms. The van der Waals surface area contributed by atoms with Crippen LogP contribution in [0.25, 0.3) is 0 Å². The Morgan fingerprint density at radius 1 is 0.897 bits per heavy atom. The predicted molar refractivity (Wildman–Crippen MR) is 115 cm³/mol. The number of hydrogen-bond acceptors (Lipinski definition) is 5. The van der Waals surface area contributed by atoms with Crippen LogP contribution in [-0.2, 0) is 0 Å². The van der Waals surface area contributed by atoms with E-state index in [0.717, 1.165) is 44.5 Å². The lowest BCUT2D eigenvalue weighted by molar-refractivity contribution is 0.0960. The number of benzene rings is 3. The molecule has 0 fully saturated rings. The highest BCUT2D eigenvalue weighted by atomic mass is 32.2. The second-order valence-corrected chi connectivity index (χ2v) is 8.18. The maximum atomic E-state index is 13.5. The number of ketones is 1. The fourth-order valence-corrected chi connectivity index (χ4v) is 5.44. The van der Waals surface area contributed by atoms with Gasteiger partial charge in [-0.15, -0.1) is 11.8 Å². The van der Waals surface area contributed by atoms with Crippen LogP contribution in [0.4, 0.5) is 5.69 Å². The Labute approximate surface area is 173 Å². The van der Waals surface area contributed by atoms with Gasteiger partial charge in [0.05, 0.1) is 36.8 Å². The number of hydrogen-bond donors (Lipinski definition) is 0. The molecule has 2 aliphatic rings. The summed E-state index contributed by atoms with van der Waals surface area (Å²) in [6, 6.07) is 21.5. The molecule has 0 amide bonds. The van der Waals surface area contributed by atoms with E-state index in [4.69, 9.17) is 14.5 Å². The number of ether oxygens (including phenoxy) is 2. The molecule has 144 valence electrons. The average Bonchev–Trinajstić information content (AvgIpc) is 2.93. The third-order valence-corrected chi connectivity index (χ3v) is 6.83. The topological polar surface area (TPSA) is 47.9 Å². The highest BCUT2D eigenvalue weighted by Gasteiger charge is 2.45. The predicted octanol–water partition coefficient (Wildman–Crippen LogP) is 5.48. The molecule has 0 saturated heterocycles. The first-order valence-corrected chi connectivity index (χ1v) is 10.3. The number of fused-ring (bicyclic) bond motifs is 4. The van der Waals surface area contributed by atoms with E-state index in [9.17, 15) is 4.79 Å². The van der Waals surface area contributed by atoms with Crippen molar-refractivity contribution in [3.05, 3.63) is 83.4 Å². The highest BCUT2D eigenvalue weighted by molar-refractivity contribution is 7.99. The summed E-state index contributed by atoms with van der Waals surface area (Å²) in [6.07, 6.45) is 0. The first kappa shape index (κ1) is 18.0. The van der Waals surface area contributed by atoms with Gasteiger partial charge in [0.25, 0.3) is 0 Å². The van der Waals surface area contributed by atoms with Gasteiger partial charge in [0.2, 0.25) is 0 Å². The molecule has 0 saturated carbocycles. The second-order valence-electron chi connectivity index (χ2n) is 7.00. The van der Waals surface area contributed by atoms with Gasteiger partial charge in [-0.1, -0.05) is 36.4 Å². The van der Waals surface area contributed by atoms with Crippen molar-refractivity contribution in [1.82, 2.24) is 0 Å². The number of Topliss-reactive ketones (excluding diaryl/α,β-unsaturated/α-hetero) is 1. The fraction of sp³-hybridized carbons (Fsp3) is 0.167. The Kier molecular flexibility index (Phi) is 4.40. The van der Waals surface area contributed by atoms with Gasteiger partial charge >= 0.3 is 0 Å². The minimum Gasteiger partial charge on any atom is -0.497 e. The van der Waals surface area contributed by atoms with Gasteiger partial charge in [-0.2, -0.15) is 0 Å². The molecule has 1 aliphatic carbocycles. The number of aliphatic imine (C=N–C) groups is 1. The zero-order valence-corrected chi connectivity index (χ0v) is 16.9. The van der Waals surface area contributed by atoms with Crippen molar-refractivity contribution in [3.8, 4) is 11.5 Å². The minimum atomic E-state index is -0.384. The molecule has 2 unspecified atom stereocenters. The molecule has 3 aromatic carbocycles. The molecular weight excluding hydrogens is 382 g/mol. The Balaban J connectivity index is 1.76. The van der Waals surface area contributed by atoms with Gasteiger partial charge in [-0.25, -0.2) is 0 Å². The van der Waals surface area contributed by atoms with E-state index >= 15 is 0 Å². The van der Waals surface area contributed by atoms with Crippen molar-refractivity contribution in [2.45, 2.75) is 10.1 Å². The first-order valence-electron chi connectivity index (χ1n) is 9.41. The highest BCUT2D eigenvalue weighted by Crippen LogP contribution is 2.53. The molecule has 1 aliphatic heterocycles. The Hall–Kier alpha value is -3.05. The smallest absolute Gasteiger partial charge is 0.174 e. The largest absolute Gasteiger partial charge is 0.497 e. The van der Waals surface area contributed by atoms with Crippen LogP contribution in [0.15, 0.2) is 76.6 Å². The van der Waals surface area contributed by atoms with Crippen molar-refractivity contribution in [3.63, 3.8) is 0 Å². The zero-order valence-electron chi connectivity index (χ0n) is 16.1. The Morgan fingerprint density at radius 3 is 2.45 bits per heavy atom. The third-order valence-electron chi connectivity index (χ3n) is 5.45. The van der Waals surface area contributed by atoms with Crippen LogP contribution in [0.3, 0.4) is 0 Å². The van der Waals surface area contributed by atoms with Crippen molar-refractivity contribution < 1.29 is 14.3 Å². The summed E-state index contributed by atoms with van der Waals surface area (Å²) >= 11 is 1.66. The SMILES string of the molecule is COc1ccc(OC)c(C2Sc3ccccc3N=C3c4ccccc4C(=O)C32)c1. The molecule has 5 heteroatoms. The molecule has 2 atom stereocenters. The lowest BCUT2D eigenvalue weighted by Crippen LogP contribution is -2.22. The molecular formula is C24H19NO3S. The van der Waals surface area contributed by atoms with Crippen molar-refractivity contribution in [2.24, 2.45) is 10.9 Å². The molecule has 1 heterocycles. The summed E-state index contributed by atoms with van der Waals surface area (Å²) in [6.45, 7) is 0. The van der Waals surface area contributed by atoms with E-state index in [1.807, 2.05) is 60.7 Å². The molecule has 5 rings (SSSR count). The fourth-order valence-electron chi connectivity index (χ4n) is 4.08. The van der Waals surface area contributed by atoms with E-state index in [-0.39, 0.29) is 17.0 Å². The molecule has 29 heavy (non-hydrogen) atoms. The monoisotopic (exact) mass is 401 g/mol.